The van der Waals surface area contributed by atoms with Crippen LogP contribution < -0.4 is 16.4 Å². The van der Waals surface area contributed by atoms with Crippen LogP contribution in [0, 0.1) is 12.3 Å². The Morgan fingerprint density at radius 2 is 1.88 bits per heavy atom. The monoisotopic (exact) mass is 593 g/mol. The molecule has 1 aliphatic heterocycles. The number of aromatic nitrogens is 1. The van der Waals surface area contributed by atoms with Crippen LogP contribution in [0.25, 0.3) is 10.4 Å². The van der Waals surface area contributed by atoms with Gasteiger partial charge in [-0.05, 0) is 49.3 Å². The van der Waals surface area contributed by atoms with Crippen LogP contribution in [0.3, 0.4) is 0 Å². The lowest BCUT2D eigenvalue weighted by Crippen LogP contribution is -2.57. The van der Waals surface area contributed by atoms with Crippen molar-refractivity contribution in [2.24, 2.45) is 11.1 Å². The second kappa shape index (κ2) is 15.5. The number of hydrogen-bond donors (Lipinski definition) is 4. The third-order valence-corrected chi connectivity index (χ3v) is 8.04. The van der Waals surface area contributed by atoms with E-state index >= 15 is 0 Å². The summed E-state index contributed by atoms with van der Waals surface area (Å²) in [5.41, 5.74) is 10.0. The van der Waals surface area contributed by atoms with E-state index in [0.29, 0.717) is 32.4 Å². The molecule has 0 saturated carbocycles. The topological polar surface area (TPSA) is 138 Å². The van der Waals surface area contributed by atoms with E-state index in [9.17, 15) is 19.5 Å². The number of hydrogen-bond acceptors (Lipinski definition) is 7. The first kappa shape index (κ1) is 33.7. The molecule has 222 valence electrons. The molecular weight excluding hydrogens is 550 g/mol. The minimum atomic E-state index is -0.805. The van der Waals surface area contributed by atoms with E-state index in [-0.39, 0.29) is 43.1 Å². The predicted molar refractivity (Wildman–Crippen MR) is 161 cm³/mol. The second-order valence-corrected chi connectivity index (χ2v) is 12.2. The summed E-state index contributed by atoms with van der Waals surface area (Å²) in [5, 5.41) is 16.2. The molecule has 5 N–H and O–H groups in total. The zero-order valence-electron chi connectivity index (χ0n) is 23.9. The van der Waals surface area contributed by atoms with E-state index in [0.717, 1.165) is 34.5 Å². The van der Waals surface area contributed by atoms with Gasteiger partial charge in [0.1, 0.15) is 12.1 Å². The Kier molecular flexibility index (Phi) is 13.0. The number of halogens is 1. The Morgan fingerprint density at radius 3 is 2.48 bits per heavy atom. The highest BCUT2D eigenvalue weighted by molar-refractivity contribution is 7.13. The molecular formula is C29H44ClN5O4S. The second-order valence-electron chi connectivity index (χ2n) is 11.4. The number of aliphatic hydroxyl groups excluding tert-OH is 1. The van der Waals surface area contributed by atoms with Crippen LogP contribution in [0.15, 0.2) is 29.8 Å². The number of aliphatic hydroxyl groups is 1. The first-order valence-corrected chi connectivity index (χ1v) is 14.6. The van der Waals surface area contributed by atoms with Gasteiger partial charge in [-0.25, -0.2) is 4.98 Å². The van der Waals surface area contributed by atoms with E-state index in [1.807, 2.05) is 45.3 Å². The van der Waals surface area contributed by atoms with Gasteiger partial charge in [-0.1, -0.05) is 51.5 Å². The lowest BCUT2D eigenvalue weighted by atomic mass is 9.85. The molecule has 2 heterocycles. The number of unbranched alkanes of at least 4 members (excludes halogenated alkanes) is 2. The van der Waals surface area contributed by atoms with Crippen LogP contribution in [0.1, 0.15) is 64.1 Å². The highest BCUT2D eigenvalue weighted by Crippen LogP contribution is 2.28. The number of aryl methyl sites for hydroxylation is 1. The van der Waals surface area contributed by atoms with Gasteiger partial charge in [0.05, 0.1) is 22.2 Å². The van der Waals surface area contributed by atoms with Crippen molar-refractivity contribution in [3.05, 3.63) is 41.0 Å². The molecule has 1 saturated heterocycles. The van der Waals surface area contributed by atoms with Crippen molar-refractivity contribution in [3.63, 3.8) is 0 Å². The third-order valence-electron chi connectivity index (χ3n) is 7.07. The number of β-amino-alcohol motifs (C(OH)–C–C–N with tert-alkyl or cyclic N) is 1. The fourth-order valence-electron chi connectivity index (χ4n) is 4.81. The van der Waals surface area contributed by atoms with Crippen molar-refractivity contribution < 1.29 is 19.5 Å². The molecule has 40 heavy (non-hydrogen) atoms. The predicted octanol–water partition coefficient (Wildman–Crippen LogP) is 3.21. The smallest absolute Gasteiger partial charge is 0.246 e. The van der Waals surface area contributed by atoms with Crippen LogP contribution in [-0.2, 0) is 20.8 Å². The molecule has 0 aliphatic carbocycles. The third kappa shape index (κ3) is 9.26. The number of carbonyl (C=O) groups excluding carboxylic acids is 3. The standard InChI is InChI=1S/C29H43N5O4S.ClH/c1-19-25(39-18-32-19)21-11-9-20(10-12-21)13-15-31-27(37)23-16-22(35)17-34(23)28(38)26(29(2,3)4)33-24(36)8-6-5-7-14-30;/h9-12,18,22-23,26,35H,5-8,13-17,30H2,1-4H3,(H,31,37)(H,33,36);1H/t22-,23-,26+;/m0./s1. The summed E-state index contributed by atoms with van der Waals surface area (Å²) < 4.78 is 0. The molecule has 0 spiro atoms. The number of rotatable bonds is 12. The summed E-state index contributed by atoms with van der Waals surface area (Å²) in [5.74, 6) is -0.835. The van der Waals surface area contributed by atoms with Crippen LogP contribution in [0.5, 0.6) is 0 Å². The van der Waals surface area contributed by atoms with Crippen LogP contribution in [0.2, 0.25) is 0 Å². The summed E-state index contributed by atoms with van der Waals surface area (Å²) in [6, 6.07) is 6.62. The fraction of sp³-hybridized carbons (Fsp3) is 0.586. The number of likely N-dealkylation sites (tertiary alicyclic amines) is 1. The van der Waals surface area contributed by atoms with Crippen molar-refractivity contribution in [1.29, 1.82) is 0 Å². The van der Waals surface area contributed by atoms with Gasteiger partial charge >= 0.3 is 0 Å². The number of benzene rings is 1. The fourth-order valence-corrected chi connectivity index (χ4v) is 5.62. The van der Waals surface area contributed by atoms with E-state index in [2.05, 4.69) is 27.8 Å². The molecule has 3 atom stereocenters. The Bertz CT molecular complexity index is 1120. The molecule has 3 rings (SSSR count). The molecule has 3 amide bonds. The highest BCUT2D eigenvalue weighted by atomic mass is 35.5. The molecule has 11 heteroatoms. The maximum Gasteiger partial charge on any atom is 0.246 e. The number of nitrogens with one attached hydrogen (secondary N) is 2. The molecule has 1 aromatic heterocycles. The van der Waals surface area contributed by atoms with E-state index in [1.54, 1.807) is 11.3 Å². The van der Waals surface area contributed by atoms with Crippen molar-refractivity contribution >= 4 is 41.5 Å². The number of amides is 3. The number of nitrogens with zero attached hydrogens (tertiary/aromatic N) is 2. The molecule has 0 unspecified atom stereocenters. The minimum absolute atomic E-state index is 0. The van der Waals surface area contributed by atoms with Crippen molar-refractivity contribution in [2.45, 2.75) is 84.4 Å². The molecule has 2 aromatic rings. The molecule has 1 aliphatic rings. The van der Waals surface area contributed by atoms with E-state index in [1.165, 1.54) is 4.90 Å². The minimum Gasteiger partial charge on any atom is -0.391 e. The molecule has 0 bridgehead atoms. The van der Waals surface area contributed by atoms with Gasteiger partial charge in [-0.2, -0.15) is 0 Å². The van der Waals surface area contributed by atoms with Crippen molar-refractivity contribution in [1.82, 2.24) is 20.5 Å². The lowest BCUT2D eigenvalue weighted by molar-refractivity contribution is -0.144. The van der Waals surface area contributed by atoms with Crippen LogP contribution >= 0.6 is 23.7 Å². The summed E-state index contributed by atoms with van der Waals surface area (Å²) in [6.45, 7) is 8.70. The molecule has 1 aromatic carbocycles. The maximum atomic E-state index is 13.6. The Morgan fingerprint density at radius 1 is 1.18 bits per heavy atom. The van der Waals surface area contributed by atoms with Gasteiger partial charge < -0.3 is 26.4 Å². The Labute approximate surface area is 247 Å². The summed E-state index contributed by atoms with van der Waals surface area (Å²) in [7, 11) is 0. The zero-order chi connectivity index (χ0) is 28.6. The highest BCUT2D eigenvalue weighted by Gasteiger charge is 2.44. The Balaban J connectivity index is 0.00000560. The van der Waals surface area contributed by atoms with Gasteiger partial charge in [0.2, 0.25) is 17.7 Å². The first-order chi connectivity index (χ1) is 18.5. The molecule has 1 fully saturated rings. The zero-order valence-corrected chi connectivity index (χ0v) is 25.6. The number of thiazole rings is 1. The normalized spacial score (nSPS) is 17.7. The number of nitrogens with two attached hydrogens (primary N) is 1. The lowest BCUT2D eigenvalue weighted by Gasteiger charge is -2.35. The Hall–Kier alpha value is -2.53. The largest absolute Gasteiger partial charge is 0.391 e. The summed E-state index contributed by atoms with van der Waals surface area (Å²) in [6.07, 6.45) is 2.75. The van der Waals surface area contributed by atoms with Crippen molar-refractivity contribution in [2.75, 3.05) is 19.6 Å². The van der Waals surface area contributed by atoms with Gasteiger partial charge in [0, 0.05) is 25.9 Å². The average Bonchev–Trinajstić information content (AvgIpc) is 3.50. The van der Waals surface area contributed by atoms with Gasteiger partial charge in [0.25, 0.3) is 0 Å². The quantitative estimate of drug-likeness (QED) is 0.279. The first-order valence-electron chi connectivity index (χ1n) is 13.8. The molecule has 9 nitrogen and oxygen atoms in total. The van der Waals surface area contributed by atoms with E-state index < -0.39 is 23.6 Å². The number of carbonyl (C=O) groups is 3. The summed E-state index contributed by atoms with van der Waals surface area (Å²) in [4.78, 5) is 46.2. The van der Waals surface area contributed by atoms with Gasteiger partial charge in [-0.15, -0.1) is 23.7 Å². The maximum absolute atomic E-state index is 13.6. The van der Waals surface area contributed by atoms with Crippen LogP contribution in [0.4, 0.5) is 0 Å². The van der Waals surface area contributed by atoms with Crippen LogP contribution in [-0.4, -0.2) is 70.5 Å². The van der Waals surface area contributed by atoms with Crippen molar-refractivity contribution in [3.8, 4) is 10.4 Å². The van der Waals surface area contributed by atoms with E-state index in [4.69, 9.17) is 5.73 Å². The summed E-state index contributed by atoms with van der Waals surface area (Å²) >= 11 is 1.61. The molecule has 0 radical (unpaired) electrons. The average molecular weight is 594 g/mol. The van der Waals surface area contributed by atoms with Gasteiger partial charge in [0.15, 0.2) is 0 Å². The van der Waals surface area contributed by atoms with Gasteiger partial charge in [-0.3, -0.25) is 14.4 Å². The SMILES string of the molecule is Cc1ncsc1-c1ccc(CCNC(=O)[C@@H]2C[C@H](O)CN2C(=O)[C@@H](NC(=O)CCCCCN)C(C)(C)C)cc1.Cl.